The zero-order valence-corrected chi connectivity index (χ0v) is 17.0. The van der Waals surface area contributed by atoms with Crippen LogP contribution >= 0.6 is 0 Å². The average molecular weight is 397 g/mol. The second-order valence-corrected chi connectivity index (χ2v) is 8.64. The fourth-order valence-electron chi connectivity index (χ4n) is 3.13. The van der Waals surface area contributed by atoms with Crippen LogP contribution in [-0.4, -0.2) is 31.2 Å². The minimum absolute atomic E-state index is 0.183. The minimum Gasteiger partial charge on any atom is -0.325 e. The lowest BCUT2D eigenvalue weighted by Crippen LogP contribution is -2.45. The van der Waals surface area contributed by atoms with E-state index in [-0.39, 0.29) is 17.3 Å². The van der Waals surface area contributed by atoms with Gasteiger partial charge in [0.1, 0.15) is 6.04 Å². The summed E-state index contributed by atoms with van der Waals surface area (Å²) < 4.78 is 27.6. The van der Waals surface area contributed by atoms with Crippen molar-refractivity contribution in [3.05, 3.63) is 72.3 Å². The van der Waals surface area contributed by atoms with Gasteiger partial charge in [0.15, 0.2) is 0 Å². The van der Waals surface area contributed by atoms with E-state index in [1.165, 1.54) is 4.31 Å². The highest BCUT2D eigenvalue weighted by atomic mass is 32.2. The molecule has 5 nitrogen and oxygen atoms in total. The van der Waals surface area contributed by atoms with Gasteiger partial charge in [-0.05, 0) is 48.9 Å². The molecule has 3 aromatic carbocycles. The van der Waals surface area contributed by atoms with Gasteiger partial charge in [-0.2, -0.15) is 4.31 Å². The summed E-state index contributed by atoms with van der Waals surface area (Å²) in [5.74, 6) is -0.366. The number of amides is 1. The highest BCUT2D eigenvalue weighted by molar-refractivity contribution is 7.89. The number of likely N-dealkylation sites (N-methyl/N-ethyl adjacent to an activating group) is 1. The summed E-state index contributed by atoms with van der Waals surface area (Å²) in [4.78, 5) is 12.9. The molecule has 0 aliphatic heterocycles. The van der Waals surface area contributed by atoms with Crippen molar-refractivity contribution in [3.63, 3.8) is 0 Å². The van der Waals surface area contributed by atoms with Gasteiger partial charge in [-0.15, -0.1) is 0 Å². The molecule has 0 spiro atoms. The summed E-state index contributed by atoms with van der Waals surface area (Å²) in [6, 6.07) is 19.1. The topological polar surface area (TPSA) is 66.5 Å². The smallest absolute Gasteiger partial charge is 0.243 e. The molecule has 0 fully saturated rings. The van der Waals surface area contributed by atoms with E-state index in [4.69, 9.17) is 0 Å². The molecule has 0 radical (unpaired) electrons. The summed E-state index contributed by atoms with van der Waals surface area (Å²) >= 11 is 0. The van der Waals surface area contributed by atoms with Gasteiger partial charge < -0.3 is 5.32 Å². The summed E-state index contributed by atoms with van der Waals surface area (Å²) in [6.45, 7) is 5.49. The molecule has 3 aromatic rings. The summed E-state index contributed by atoms with van der Waals surface area (Å²) in [6.07, 6.45) is 0. The zero-order chi connectivity index (χ0) is 20.3. The highest BCUT2D eigenvalue weighted by Crippen LogP contribution is 2.23. The number of anilines is 1. The number of nitrogens with zero attached hydrogens (tertiary/aromatic N) is 1. The van der Waals surface area contributed by atoms with Crippen LogP contribution in [0.5, 0.6) is 0 Å². The third-order valence-electron chi connectivity index (χ3n) is 4.77. The zero-order valence-electron chi connectivity index (χ0n) is 16.2. The van der Waals surface area contributed by atoms with Crippen LogP contribution in [0.25, 0.3) is 10.8 Å². The molecule has 0 unspecified atom stereocenters. The number of hydrogen-bond donors (Lipinski definition) is 1. The Morgan fingerprint density at radius 2 is 1.64 bits per heavy atom. The molecule has 28 heavy (non-hydrogen) atoms. The van der Waals surface area contributed by atoms with Crippen LogP contribution in [0.3, 0.4) is 0 Å². The fourth-order valence-corrected chi connectivity index (χ4v) is 4.77. The maximum Gasteiger partial charge on any atom is 0.243 e. The molecule has 1 N–H and O–H groups in total. The molecular formula is C22H24N2O3S. The number of carbonyl (C=O) groups excluding carboxylic acids is 1. The van der Waals surface area contributed by atoms with Crippen LogP contribution in [0.1, 0.15) is 19.4 Å². The first-order valence-corrected chi connectivity index (χ1v) is 10.6. The second-order valence-electron chi connectivity index (χ2n) is 6.75. The van der Waals surface area contributed by atoms with Gasteiger partial charge in [0.25, 0.3) is 0 Å². The van der Waals surface area contributed by atoms with Gasteiger partial charge in [0.2, 0.25) is 15.9 Å². The standard InChI is InChI=1S/C22H24N2O3S/c1-4-24(17(3)22(25)23-20-12-9-16(2)10-13-20)28(26,27)21-14-11-18-7-5-6-8-19(18)15-21/h5-15,17H,4H2,1-3H3,(H,23,25)/t17-/m1/s1. The van der Waals surface area contributed by atoms with Crippen molar-refractivity contribution in [1.82, 2.24) is 4.31 Å². The summed E-state index contributed by atoms with van der Waals surface area (Å²) in [5, 5.41) is 4.60. The molecule has 0 aliphatic carbocycles. The first-order valence-electron chi connectivity index (χ1n) is 9.21. The van der Waals surface area contributed by atoms with Crippen molar-refractivity contribution >= 4 is 32.4 Å². The van der Waals surface area contributed by atoms with Gasteiger partial charge in [0.05, 0.1) is 4.90 Å². The van der Waals surface area contributed by atoms with Gasteiger partial charge in [-0.1, -0.05) is 55.0 Å². The fraction of sp³-hybridized carbons (Fsp3) is 0.227. The second kappa shape index (κ2) is 8.12. The molecule has 1 atom stereocenters. The Kier molecular flexibility index (Phi) is 5.82. The Bertz CT molecular complexity index is 1090. The number of aryl methyl sites for hydroxylation is 1. The monoisotopic (exact) mass is 396 g/mol. The van der Waals surface area contributed by atoms with Crippen molar-refractivity contribution in [2.24, 2.45) is 0 Å². The molecule has 3 rings (SSSR count). The summed E-state index contributed by atoms with van der Waals surface area (Å²) in [5.41, 5.74) is 1.72. The van der Waals surface area contributed by atoms with Crippen LogP contribution in [0.4, 0.5) is 5.69 Å². The molecular weight excluding hydrogens is 372 g/mol. The summed E-state index contributed by atoms with van der Waals surface area (Å²) in [7, 11) is -3.81. The van der Waals surface area contributed by atoms with Crippen molar-refractivity contribution in [1.29, 1.82) is 0 Å². The van der Waals surface area contributed by atoms with Crippen molar-refractivity contribution in [3.8, 4) is 0 Å². The number of nitrogens with one attached hydrogen (secondary N) is 1. The van der Waals surface area contributed by atoms with Gasteiger partial charge in [0, 0.05) is 12.2 Å². The third-order valence-corrected chi connectivity index (χ3v) is 6.81. The predicted octanol–water partition coefficient (Wildman–Crippen LogP) is 4.19. The number of sulfonamides is 1. The van der Waals surface area contributed by atoms with Gasteiger partial charge in [-0.25, -0.2) is 8.42 Å². The minimum atomic E-state index is -3.81. The maximum atomic E-state index is 13.2. The number of fused-ring (bicyclic) bond motifs is 1. The van der Waals surface area contributed by atoms with Crippen LogP contribution in [0.15, 0.2) is 71.6 Å². The number of benzene rings is 3. The molecule has 1 amide bonds. The Labute approximate surface area is 166 Å². The van der Waals surface area contributed by atoms with Crippen molar-refractivity contribution < 1.29 is 13.2 Å². The number of rotatable bonds is 6. The predicted molar refractivity (Wildman–Crippen MR) is 113 cm³/mol. The van der Waals surface area contributed by atoms with E-state index in [0.29, 0.717) is 5.69 Å². The number of hydrogen-bond acceptors (Lipinski definition) is 3. The maximum absolute atomic E-state index is 13.2. The molecule has 0 saturated heterocycles. The van der Waals surface area contributed by atoms with E-state index in [1.54, 1.807) is 44.2 Å². The first-order chi connectivity index (χ1) is 13.3. The van der Waals surface area contributed by atoms with Crippen LogP contribution < -0.4 is 5.32 Å². The normalized spacial score (nSPS) is 12.9. The van der Waals surface area contributed by atoms with Crippen molar-refractivity contribution in [2.75, 3.05) is 11.9 Å². The molecule has 0 aliphatic rings. The van der Waals surface area contributed by atoms with Crippen molar-refractivity contribution in [2.45, 2.75) is 31.7 Å². The average Bonchev–Trinajstić information content (AvgIpc) is 2.69. The Morgan fingerprint density at radius 1 is 1.00 bits per heavy atom. The Hall–Kier alpha value is -2.70. The van der Waals surface area contributed by atoms with E-state index in [9.17, 15) is 13.2 Å². The van der Waals surface area contributed by atoms with Crippen LogP contribution in [-0.2, 0) is 14.8 Å². The van der Waals surface area contributed by atoms with Gasteiger partial charge >= 0.3 is 0 Å². The Balaban J connectivity index is 1.86. The SMILES string of the molecule is CCN([C@H](C)C(=O)Nc1ccc(C)cc1)S(=O)(=O)c1ccc2ccccc2c1. The third kappa shape index (κ3) is 4.08. The number of carbonyl (C=O) groups is 1. The van der Waals surface area contributed by atoms with E-state index in [2.05, 4.69) is 5.32 Å². The van der Waals surface area contributed by atoms with Gasteiger partial charge in [-0.3, -0.25) is 4.79 Å². The first kappa shape index (κ1) is 20.0. The van der Waals surface area contributed by atoms with Crippen LogP contribution in [0, 0.1) is 6.92 Å². The lowest BCUT2D eigenvalue weighted by Gasteiger charge is -2.26. The molecule has 0 bridgehead atoms. The van der Waals surface area contributed by atoms with E-state index in [1.807, 2.05) is 43.3 Å². The highest BCUT2D eigenvalue weighted by Gasteiger charge is 2.32. The van der Waals surface area contributed by atoms with E-state index in [0.717, 1.165) is 16.3 Å². The quantitative estimate of drug-likeness (QED) is 0.679. The molecule has 146 valence electrons. The molecule has 0 saturated carbocycles. The largest absolute Gasteiger partial charge is 0.325 e. The molecule has 0 heterocycles. The van der Waals surface area contributed by atoms with E-state index < -0.39 is 16.1 Å². The lowest BCUT2D eigenvalue weighted by molar-refractivity contribution is -0.119. The van der Waals surface area contributed by atoms with E-state index >= 15 is 0 Å². The Morgan fingerprint density at radius 3 is 2.29 bits per heavy atom. The molecule has 0 aromatic heterocycles. The van der Waals surface area contributed by atoms with Crippen LogP contribution in [0.2, 0.25) is 0 Å². The molecule has 6 heteroatoms. The lowest BCUT2D eigenvalue weighted by atomic mass is 10.1.